The number of hydrogen-bond donors (Lipinski definition) is 1. The fraction of sp³-hybridized carbons (Fsp3) is 0.143. The van der Waals surface area contributed by atoms with Gasteiger partial charge in [0.2, 0.25) is 0 Å². The summed E-state index contributed by atoms with van der Waals surface area (Å²) < 4.78 is 0. The van der Waals surface area contributed by atoms with Crippen molar-refractivity contribution in [2.24, 2.45) is 5.73 Å². The molecule has 0 bridgehead atoms. The molecule has 0 unspecified atom stereocenters. The highest BCUT2D eigenvalue weighted by Gasteiger charge is 2.11. The fourth-order valence-electron chi connectivity index (χ4n) is 1.85. The van der Waals surface area contributed by atoms with E-state index in [0.717, 1.165) is 10.0 Å². The van der Waals surface area contributed by atoms with Gasteiger partial charge in [-0.2, -0.15) is 0 Å². The molecule has 0 fully saturated rings. The lowest BCUT2D eigenvalue weighted by atomic mass is 9.91. The highest BCUT2D eigenvalue weighted by Crippen LogP contribution is 2.25. The summed E-state index contributed by atoms with van der Waals surface area (Å²) in [5.74, 6) is 0.185. The van der Waals surface area contributed by atoms with Gasteiger partial charge in [0.05, 0.1) is 0 Å². The summed E-state index contributed by atoms with van der Waals surface area (Å²) in [7, 11) is 0. The third-order valence-electron chi connectivity index (χ3n) is 2.78. The monoisotopic (exact) mass is 301 g/mol. The van der Waals surface area contributed by atoms with E-state index in [-0.39, 0.29) is 18.3 Å². The summed E-state index contributed by atoms with van der Waals surface area (Å²) in [6, 6.07) is 15.6. The van der Waals surface area contributed by atoms with Crippen LogP contribution in [0.4, 0.5) is 0 Å². The first-order valence-electron chi connectivity index (χ1n) is 5.41. The molecule has 0 heterocycles. The molecule has 0 aromatic heterocycles. The molecule has 18 heavy (non-hydrogen) atoms. The summed E-state index contributed by atoms with van der Waals surface area (Å²) in [6.45, 7) is 0.559. The molecule has 0 aliphatic rings. The SMILES string of the molecule is Cl.NCC(c1ccc(Cl)cc1)c1ccc(Cl)cc1. The van der Waals surface area contributed by atoms with E-state index in [2.05, 4.69) is 0 Å². The Bertz CT molecular complexity index is 434. The number of nitrogens with two attached hydrogens (primary N) is 1. The second kappa shape index (κ2) is 7.01. The number of halogens is 3. The van der Waals surface area contributed by atoms with E-state index in [9.17, 15) is 0 Å². The number of hydrogen-bond acceptors (Lipinski definition) is 1. The molecule has 0 atom stereocenters. The highest BCUT2D eigenvalue weighted by molar-refractivity contribution is 6.30. The summed E-state index contributed by atoms with van der Waals surface area (Å²) in [5, 5.41) is 1.47. The Morgan fingerprint density at radius 1 is 0.778 bits per heavy atom. The van der Waals surface area contributed by atoms with Crippen molar-refractivity contribution in [1.82, 2.24) is 0 Å². The molecule has 96 valence electrons. The zero-order valence-corrected chi connectivity index (χ0v) is 12.0. The minimum Gasteiger partial charge on any atom is -0.330 e. The van der Waals surface area contributed by atoms with Crippen molar-refractivity contribution in [1.29, 1.82) is 0 Å². The molecule has 2 N–H and O–H groups in total. The summed E-state index contributed by atoms with van der Waals surface area (Å²) in [5.41, 5.74) is 8.18. The van der Waals surface area contributed by atoms with Gasteiger partial charge in [-0.05, 0) is 35.4 Å². The van der Waals surface area contributed by atoms with Crippen molar-refractivity contribution in [3.8, 4) is 0 Å². The van der Waals surface area contributed by atoms with Gasteiger partial charge in [-0.25, -0.2) is 0 Å². The molecule has 0 aliphatic heterocycles. The molecular formula is C14H14Cl3N. The van der Waals surface area contributed by atoms with Gasteiger partial charge >= 0.3 is 0 Å². The van der Waals surface area contributed by atoms with Gasteiger partial charge in [0, 0.05) is 22.5 Å². The van der Waals surface area contributed by atoms with E-state index in [1.54, 1.807) is 0 Å². The molecule has 0 saturated heterocycles. The van der Waals surface area contributed by atoms with Gasteiger partial charge in [-0.3, -0.25) is 0 Å². The first kappa shape index (κ1) is 15.3. The van der Waals surface area contributed by atoms with E-state index in [1.807, 2.05) is 48.5 Å². The topological polar surface area (TPSA) is 26.0 Å². The Kier molecular flexibility index (Phi) is 5.97. The predicted octanol–water partition coefficient (Wildman–Crippen LogP) is 4.51. The summed E-state index contributed by atoms with van der Waals surface area (Å²) >= 11 is 11.8. The quantitative estimate of drug-likeness (QED) is 0.887. The average Bonchev–Trinajstić information content (AvgIpc) is 2.35. The van der Waals surface area contributed by atoms with Crippen LogP contribution in [0, 0.1) is 0 Å². The Hall–Kier alpha value is -0.730. The third-order valence-corrected chi connectivity index (χ3v) is 3.28. The molecule has 0 radical (unpaired) electrons. The first-order valence-corrected chi connectivity index (χ1v) is 6.17. The molecule has 2 aromatic carbocycles. The van der Waals surface area contributed by atoms with E-state index in [1.165, 1.54) is 11.1 Å². The molecule has 1 nitrogen and oxygen atoms in total. The lowest BCUT2D eigenvalue weighted by Crippen LogP contribution is -2.13. The highest BCUT2D eigenvalue weighted by atomic mass is 35.5. The second-order valence-corrected chi connectivity index (χ2v) is 4.76. The van der Waals surface area contributed by atoms with Crippen LogP contribution in [0.15, 0.2) is 48.5 Å². The van der Waals surface area contributed by atoms with Crippen molar-refractivity contribution < 1.29 is 0 Å². The van der Waals surface area contributed by atoms with Crippen LogP contribution in [0.2, 0.25) is 10.0 Å². The van der Waals surface area contributed by atoms with E-state index >= 15 is 0 Å². The van der Waals surface area contributed by atoms with Crippen LogP contribution in [0.1, 0.15) is 17.0 Å². The van der Waals surface area contributed by atoms with Crippen molar-refractivity contribution in [3.63, 3.8) is 0 Å². The smallest absolute Gasteiger partial charge is 0.0406 e. The van der Waals surface area contributed by atoms with Gasteiger partial charge < -0.3 is 5.73 Å². The zero-order chi connectivity index (χ0) is 12.3. The minimum atomic E-state index is 0. The molecule has 0 saturated carbocycles. The molecule has 4 heteroatoms. The lowest BCUT2D eigenvalue weighted by molar-refractivity contribution is 0.819. The first-order chi connectivity index (χ1) is 8.20. The molecule has 0 aliphatic carbocycles. The van der Waals surface area contributed by atoms with Crippen molar-refractivity contribution in [3.05, 3.63) is 69.7 Å². The Morgan fingerprint density at radius 2 is 1.11 bits per heavy atom. The van der Waals surface area contributed by atoms with Gasteiger partial charge in [0.1, 0.15) is 0 Å². The molecule has 0 amide bonds. The van der Waals surface area contributed by atoms with Crippen LogP contribution in [-0.4, -0.2) is 6.54 Å². The third kappa shape index (κ3) is 3.63. The van der Waals surface area contributed by atoms with Crippen molar-refractivity contribution in [2.45, 2.75) is 5.92 Å². The zero-order valence-electron chi connectivity index (χ0n) is 9.64. The number of benzene rings is 2. The Balaban J connectivity index is 0.00000162. The average molecular weight is 303 g/mol. The van der Waals surface area contributed by atoms with Gasteiger partial charge in [0.25, 0.3) is 0 Å². The van der Waals surface area contributed by atoms with Gasteiger partial charge in [-0.15, -0.1) is 12.4 Å². The van der Waals surface area contributed by atoms with Gasteiger partial charge in [0.15, 0.2) is 0 Å². The normalized spacial score (nSPS) is 10.2. The lowest BCUT2D eigenvalue weighted by Gasteiger charge is -2.16. The van der Waals surface area contributed by atoms with Crippen molar-refractivity contribution >= 4 is 35.6 Å². The summed E-state index contributed by atoms with van der Waals surface area (Å²) in [4.78, 5) is 0. The molecule has 0 spiro atoms. The second-order valence-electron chi connectivity index (χ2n) is 3.89. The maximum Gasteiger partial charge on any atom is 0.0406 e. The largest absolute Gasteiger partial charge is 0.330 e. The molecule has 2 aromatic rings. The standard InChI is InChI=1S/C14H13Cl2N.ClH/c15-12-5-1-10(2-6-12)14(9-17)11-3-7-13(16)8-4-11;/h1-8,14H,9,17H2;1H. The Labute approximate surface area is 123 Å². The molecular weight excluding hydrogens is 289 g/mol. The van der Waals surface area contributed by atoms with Crippen LogP contribution >= 0.6 is 35.6 Å². The summed E-state index contributed by atoms with van der Waals surface area (Å²) in [6.07, 6.45) is 0. The fourth-order valence-corrected chi connectivity index (χ4v) is 2.11. The van der Waals surface area contributed by atoms with E-state index in [0.29, 0.717) is 6.54 Å². The van der Waals surface area contributed by atoms with Crippen LogP contribution < -0.4 is 5.73 Å². The maximum atomic E-state index is 5.88. The molecule has 2 rings (SSSR count). The minimum absolute atomic E-state index is 0. The van der Waals surface area contributed by atoms with E-state index in [4.69, 9.17) is 28.9 Å². The van der Waals surface area contributed by atoms with Gasteiger partial charge in [-0.1, -0.05) is 47.5 Å². The van der Waals surface area contributed by atoms with Crippen LogP contribution in [0.25, 0.3) is 0 Å². The Morgan fingerprint density at radius 3 is 1.39 bits per heavy atom. The van der Waals surface area contributed by atoms with Crippen LogP contribution in [-0.2, 0) is 0 Å². The maximum absolute atomic E-state index is 5.88. The van der Waals surface area contributed by atoms with Crippen LogP contribution in [0.5, 0.6) is 0 Å². The predicted molar refractivity (Wildman–Crippen MR) is 81.0 cm³/mol. The number of rotatable bonds is 3. The van der Waals surface area contributed by atoms with Crippen molar-refractivity contribution in [2.75, 3.05) is 6.54 Å². The van der Waals surface area contributed by atoms with Crippen LogP contribution in [0.3, 0.4) is 0 Å². The van der Waals surface area contributed by atoms with E-state index < -0.39 is 0 Å².